The first-order valence-corrected chi connectivity index (χ1v) is 12.1. The molecule has 0 unspecified atom stereocenters. The molecule has 4 rings (SSSR count). The highest BCUT2D eigenvalue weighted by molar-refractivity contribution is 6.04. The summed E-state index contributed by atoms with van der Waals surface area (Å²) in [7, 11) is 3.07. The number of amides is 2. The summed E-state index contributed by atoms with van der Waals surface area (Å²) in [5.74, 6) is 0.497. The van der Waals surface area contributed by atoms with Gasteiger partial charge in [-0.3, -0.25) is 9.59 Å². The van der Waals surface area contributed by atoms with Crippen molar-refractivity contribution in [2.45, 2.75) is 26.2 Å². The molecule has 2 amide bonds. The zero-order chi connectivity index (χ0) is 27.3. The Bertz CT molecular complexity index is 1430. The molecule has 4 aromatic rings. The van der Waals surface area contributed by atoms with Gasteiger partial charge in [-0.1, -0.05) is 44.2 Å². The minimum absolute atomic E-state index is 0.260. The van der Waals surface area contributed by atoms with Crippen LogP contribution in [0.1, 0.15) is 46.0 Å². The molecule has 0 aliphatic rings. The third-order valence-corrected chi connectivity index (χ3v) is 6.25. The van der Waals surface area contributed by atoms with E-state index in [1.54, 1.807) is 32.2 Å². The van der Waals surface area contributed by atoms with E-state index >= 15 is 0 Å². The average molecular weight is 514 g/mol. The maximum Gasteiger partial charge on any atom is 0.273 e. The Balaban J connectivity index is 1.38. The highest BCUT2D eigenvalue weighted by Gasteiger charge is 2.24. The number of nitrogens with one attached hydrogen (secondary N) is 2. The van der Waals surface area contributed by atoms with Crippen molar-refractivity contribution in [1.29, 1.82) is 0 Å². The fourth-order valence-corrected chi connectivity index (χ4v) is 3.94. The lowest BCUT2D eigenvalue weighted by molar-refractivity contribution is 0.0939. The molecule has 0 aliphatic carbocycles. The highest BCUT2D eigenvalue weighted by atomic mass is 16.5. The third kappa shape index (κ3) is 5.83. The number of rotatable bonds is 9. The van der Waals surface area contributed by atoms with Gasteiger partial charge in [-0.2, -0.15) is 9.90 Å². The minimum atomic E-state index is -0.370. The predicted octanol–water partition coefficient (Wildman–Crippen LogP) is 4.55. The number of hydrogen-bond donors (Lipinski definition) is 2. The molecule has 9 heteroatoms. The van der Waals surface area contributed by atoms with Crippen molar-refractivity contribution in [1.82, 2.24) is 20.3 Å². The van der Waals surface area contributed by atoms with Crippen LogP contribution in [0.25, 0.3) is 5.69 Å². The van der Waals surface area contributed by atoms with E-state index in [0.29, 0.717) is 35.0 Å². The quantitative estimate of drug-likeness (QED) is 0.340. The van der Waals surface area contributed by atoms with Gasteiger partial charge in [-0.05, 0) is 55.0 Å². The minimum Gasteiger partial charge on any atom is -0.493 e. The molecule has 0 fully saturated rings. The summed E-state index contributed by atoms with van der Waals surface area (Å²) in [6.07, 6.45) is 0. The SMILES string of the molecule is COc1ccc(C(=O)Nc2ccc(C(C)(C)CNC(=O)c3nn(-c4ccccc4)nc3C)cc2)cc1OC. The van der Waals surface area contributed by atoms with Crippen LogP contribution in [0.4, 0.5) is 5.69 Å². The van der Waals surface area contributed by atoms with Crippen LogP contribution < -0.4 is 20.1 Å². The molecule has 1 heterocycles. The molecule has 0 atom stereocenters. The van der Waals surface area contributed by atoms with E-state index in [9.17, 15) is 9.59 Å². The molecule has 1 aromatic heterocycles. The molecule has 0 saturated heterocycles. The van der Waals surface area contributed by atoms with Gasteiger partial charge in [0.25, 0.3) is 11.8 Å². The second-order valence-electron chi connectivity index (χ2n) is 9.43. The normalized spacial score (nSPS) is 11.1. The maximum atomic E-state index is 12.9. The van der Waals surface area contributed by atoms with Crippen LogP contribution in [-0.4, -0.2) is 47.6 Å². The number of methoxy groups -OCH3 is 2. The van der Waals surface area contributed by atoms with Crippen molar-refractivity contribution in [3.05, 3.63) is 95.3 Å². The Morgan fingerprint density at radius 2 is 1.55 bits per heavy atom. The zero-order valence-electron chi connectivity index (χ0n) is 22.1. The van der Waals surface area contributed by atoms with Crippen LogP contribution >= 0.6 is 0 Å². The number of benzene rings is 3. The summed E-state index contributed by atoms with van der Waals surface area (Å²) < 4.78 is 10.5. The Kier molecular flexibility index (Phi) is 7.76. The van der Waals surface area contributed by atoms with Crippen molar-refractivity contribution in [3.63, 3.8) is 0 Å². The van der Waals surface area contributed by atoms with Gasteiger partial charge >= 0.3 is 0 Å². The van der Waals surface area contributed by atoms with E-state index in [2.05, 4.69) is 20.8 Å². The number of aromatic nitrogens is 3. The number of ether oxygens (including phenoxy) is 2. The lowest BCUT2D eigenvalue weighted by Gasteiger charge is -2.25. The molecule has 9 nitrogen and oxygen atoms in total. The van der Waals surface area contributed by atoms with Crippen molar-refractivity contribution >= 4 is 17.5 Å². The first-order valence-electron chi connectivity index (χ1n) is 12.1. The number of carbonyl (C=O) groups excluding carboxylic acids is 2. The van der Waals surface area contributed by atoms with Crippen molar-refractivity contribution in [2.24, 2.45) is 0 Å². The summed E-state index contributed by atoms with van der Waals surface area (Å²) in [4.78, 5) is 27.1. The highest BCUT2D eigenvalue weighted by Crippen LogP contribution is 2.28. The average Bonchev–Trinajstić information content (AvgIpc) is 3.33. The smallest absolute Gasteiger partial charge is 0.273 e. The number of carbonyl (C=O) groups is 2. The summed E-state index contributed by atoms with van der Waals surface area (Å²) in [5, 5.41) is 14.6. The third-order valence-electron chi connectivity index (χ3n) is 6.25. The van der Waals surface area contributed by atoms with E-state index in [4.69, 9.17) is 9.47 Å². The van der Waals surface area contributed by atoms with Crippen molar-refractivity contribution < 1.29 is 19.1 Å². The number of anilines is 1. The first-order chi connectivity index (χ1) is 18.2. The Morgan fingerprint density at radius 1 is 0.868 bits per heavy atom. The van der Waals surface area contributed by atoms with Gasteiger partial charge in [-0.15, -0.1) is 5.10 Å². The van der Waals surface area contributed by atoms with Gasteiger partial charge < -0.3 is 20.1 Å². The molecular weight excluding hydrogens is 482 g/mol. The molecule has 0 radical (unpaired) electrons. The Hall–Kier alpha value is -4.66. The van der Waals surface area contributed by atoms with Crippen molar-refractivity contribution in [3.8, 4) is 17.2 Å². The molecule has 0 bridgehead atoms. The predicted molar refractivity (Wildman–Crippen MR) is 145 cm³/mol. The molecule has 38 heavy (non-hydrogen) atoms. The molecular formula is C29H31N5O4. The number of para-hydroxylation sites is 1. The number of nitrogens with zero attached hydrogens (tertiary/aromatic N) is 3. The van der Waals surface area contributed by atoms with E-state index in [1.807, 2.05) is 68.4 Å². The largest absolute Gasteiger partial charge is 0.493 e. The van der Waals surface area contributed by atoms with E-state index in [1.165, 1.54) is 11.9 Å². The number of hydrogen-bond acceptors (Lipinski definition) is 6. The fraction of sp³-hybridized carbons (Fsp3) is 0.241. The molecule has 0 spiro atoms. The van der Waals surface area contributed by atoms with Gasteiger partial charge in [-0.25, -0.2) is 0 Å². The van der Waals surface area contributed by atoms with E-state index in [-0.39, 0.29) is 22.9 Å². The van der Waals surface area contributed by atoms with Crippen LogP contribution in [0.15, 0.2) is 72.8 Å². The molecule has 196 valence electrons. The van der Waals surface area contributed by atoms with Crippen LogP contribution in [0, 0.1) is 6.92 Å². The molecule has 0 saturated carbocycles. The summed E-state index contributed by atoms with van der Waals surface area (Å²) in [5.41, 5.74) is 3.37. The lowest BCUT2D eigenvalue weighted by Crippen LogP contribution is -2.37. The maximum absolute atomic E-state index is 12.9. The van der Waals surface area contributed by atoms with E-state index < -0.39 is 0 Å². The van der Waals surface area contributed by atoms with Gasteiger partial charge in [0, 0.05) is 23.2 Å². The second-order valence-corrected chi connectivity index (χ2v) is 9.43. The monoisotopic (exact) mass is 513 g/mol. The standard InChI is InChI=1S/C29H31N5O4/c1-19-26(33-34(32-19)23-9-7-6-8-10-23)28(36)30-18-29(2,3)21-12-14-22(15-13-21)31-27(35)20-11-16-24(37-4)25(17-20)38-5/h6-17H,18H2,1-5H3,(H,30,36)(H,31,35). The van der Waals surface area contributed by atoms with Crippen LogP contribution in [-0.2, 0) is 5.41 Å². The summed E-state index contributed by atoms with van der Waals surface area (Å²) in [6, 6.07) is 22.0. The number of aryl methyl sites for hydroxylation is 1. The van der Waals surface area contributed by atoms with Crippen LogP contribution in [0.5, 0.6) is 11.5 Å². The summed E-state index contributed by atoms with van der Waals surface area (Å²) in [6.45, 7) is 6.23. The van der Waals surface area contributed by atoms with Gasteiger partial charge in [0.05, 0.1) is 25.6 Å². The van der Waals surface area contributed by atoms with Crippen molar-refractivity contribution in [2.75, 3.05) is 26.1 Å². The van der Waals surface area contributed by atoms with E-state index in [0.717, 1.165) is 11.3 Å². The fourth-order valence-electron chi connectivity index (χ4n) is 3.94. The van der Waals surface area contributed by atoms with Gasteiger partial charge in [0.15, 0.2) is 17.2 Å². The lowest BCUT2D eigenvalue weighted by atomic mass is 9.84. The summed E-state index contributed by atoms with van der Waals surface area (Å²) >= 11 is 0. The Labute approximate surface area is 221 Å². The zero-order valence-corrected chi connectivity index (χ0v) is 22.1. The molecule has 3 aromatic carbocycles. The second kappa shape index (κ2) is 11.2. The van der Waals surface area contributed by atoms with Gasteiger partial charge in [0.1, 0.15) is 0 Å². The van der Waals surface area contributed by atoms with Crippen LogP contribution in [0.2, 0.25) is 0 Å². The Morgan fingerprint density at radius 3 is 2.21 bits per heavy atom. The molecule has 0 aliphatic heterocycles. The first kappa shape index (κ1) is 26.4. The molecule has 2 N–H and O–H groups in total. The van der Waals surface area contributed by atoms with Crippen LogP contribution in [0.3, 0.4) is 0 Å². The van der Waals surface area contributed by atoms with Gasteiger partial charge in [0.2, 0.25) is 0 Å². The topological polar surface area (TPSA) is 107 Å².